The maximum atomic E-state index is 12.0. The van der Waals surface area contributed by atoms with Gasteiger partial charge in [-0.3, -0.25) is 9.48 Å². The summed E-state index contributed by atoms with van der Waals surface area (Å²) in [4.78, 5) is 12.0. The highest BCUT2D eigenvalue weighted by molar-refractivity contribution is 7.08. The molecule has 0 spiro atoms. The van der Waals surface area contributed by atoms with E-state index in [2.05, 4.69) is 15.8 Å². The van der Waals surface area contributed by atoms with E-state index in [9.17, 15) is 4.79 Å². The number of nitrogens with zero attached hydrogens (tertiary/aromatic N) is 2. The minimum atomic E-state index is -0.171. The van der Waals surface area contributed by atoms with E-state index in [1.807, 2.05) is 28.4 Å². The molecule has 0 saturated carbocycles. The van der Waals surface area contributed by atoms with Crippen LogP contribution in [0.5, 0.6) is 0 Å². The predicted molar refractivity (Wildman–Crippen MR) is 89.3 cm³/mol. The quantitative estimate of drug-likeness (QED) is 0.775. The van der Waals surface area contributed by atoms with Crippen molar-refractivity contribution < 1.29 is 4.79 Å². The Bertz CT molecular complexity index is 767. The largest absolute Gasteiger partial charge is 0.350 e. The van der Waals surface area contributed by atoms with E-state index in [1.54, 1.807) is 35.6 Å². The minimum absolute atomic E-state index is 0.171. The smallest absolute Gasteiger partial charge is 0.252 e. The Morgan fingerprint density at radius 3 is 2.91 bits per heavy atom. The molecule has 1 N–H and O–H groups in total. The first-order chi connectivity index (χ1) is 10.7. The molecule has 112 valence electrons. The van der Waals surface area contributed by atoms with Gasteiger partial charge in [0.2, 0.25) is 0 Å². The van der Waals surface area contributed by atoms with E-state index in [1.165, 1.54) is 0 Å². The molecule has 2 aromatic heterocycles. The molecule has 1 amide bonds. The number of nitrogens with one attached hydrogen (secondary N) is 1. The molecule has 0 aliphatic heterocycles. The number of carbonyl (C=O) groups is 1. The van der Waals surface area contributed by atoms with Crippen molar-refractivity contribution in [1.29, 1.82) is 0 Å². The van der Waals surface area contributed by atoms with E-state index in [4.69, 9.17) is 11.6 Å². The Morgan fingerprint density at radius 1 is 1.27 bits per heavy atom. The van der Waals surface area contributed by atoms with Gasteiger partial charge in [0, 0.05) is 23.7 Å². The molecule has 6 heteroatoms. The first kappa shape index (κ1) is 14.8. The molecule has 1 aromatic carbocycles. The van der Waals surface area contributed by atoms with Gasteiger partial charge in [-0.2, -0.15) is 16.4 Å². The summed E-state index contributed by atoms with van der Waals surface area (Å²) < 4.78 is 1.82. The molecule has 3 rings (SSSR count). The number of aromatic nitrogens is 2. The number of amides is 1. The van der Waals surface area contributed by atoms with Crippen molar-refractivity contribution in [3.63, 3.8) is 0 Å². The number of hydrogen-bond donors (Lipinski definition) is 1. The number of benzene rings is 1. The van der Waals surface area contributed by atoms with Crippen molar-refractivity contribution in [2.24, 2.45) is 0 Å². The van der Waals surface area contributed by atoms with Crippen LogP contribution in [-0.4, -0.2) is 22.2 Å². The topological polar surface area (TPSA) is 46.9 Å². The second-order valence-electron chi connectivity index (χ2n) is 4.71. The third kappa shape index (κ3) is 3.37. The lowest BCUT2D eigenvalue weighted by Crippen LogP contribution is -2.27. The monoisotopic (exact) mass is 331 g/mol. The van der Waals surface area contributed by atoms with Crippen LogP contribution in [0.15, 0.2) is 53.4 Å². The van der Waals surface area contributed by atoms with Gasteiger partial charge in [0.15, 0.2) is 0 Å². The van der Waals surface area contributed by atoms with E-state index in [0.29, 0.717) is 23.7 Å². The first-order valence-electron chi connectivity index (χ1n) is 6.83. The molecule has 0 aliphatic rings. The maximum absolute atomic E-state index is 12.0. The molecule has 2 heterocycles. The van der Waals surface area contributed by atoms with Gasteiger partial charge in [0.05, 0.1) is 22.8 Å². The van der Waals surface area contributed by atoms with Gasteiger partial charge in [0.25, 0.3) is 5.91 Å². The van der Waals surface area contributed by atoms with Crippen molar-refractivity contribution in [2.45, 2.75) is 6.54 Å². The summed E-state index contributed by atoms with van der Waals surface area (Å²) in [6, 6.07) is 11.0. The van der Waals surface area contributed by atoms with Crippen molar-refractivity contribution in [2.75, 3.05) is 6.54 Å². The molecule has 3 aromatic rings. The molecule has 22 heavy (non-hydrogen) atoms. The number of thiophene rings is 1. The minimum Gasteiger partial charge on any atom is -0.350 e. The SMILES string of the molecule is O=C(NCCn1ccc(-c2ccsc2)n1)c1ccccc1Cl. The van der Waals surface area contributed by atoms with Gasteiger partial charge in [0.1, 0.15) is 0 Å². The second-order valence-corrected chi connectivity index (χ2v) is 5.90. The zero-order valence-corrected chi connectivity index (χ0v) is 13.3. The van der Waals surface area contributed by atoms with Gasteiger partial charge in [-0.25, -0.2) is 0 Å². The molecular weight excluding hydrogens is 318 g/mol. The number of halogens is 1. The fraction of sp³-hybridized carbons (Fsp3) is 0.125. The van der Waals surface area contributed by atoms with Gasteiger partial charge in [-0.15, -0.1) is 0 Å². The summed E-state index contributed by atoms with van der Waals surface area (Å²) in [7, 11) is 0. The third-order valence-electron chi connectivity index (χ3n) is 3.20. The zero-order valence-electron chi connectivity index (χ0n) is 11.7. The summed E-state index contributed by atoms with van der Waals surface area (Å²) in [5.74, 6) is -0.171. The van der Waals surface area contributed by atoms with Crippen LogP contribution in [0, 0.1) is 0 Å². The summed E-state index contributed by atoms with van der Waals surface area (Å²) in [5, 5.41) is 11.9. The van der Waals surface area contributed by atoms with Crippen LogP contribution in [0.4, 0.5) is 0 Å². The van der Waals surface area contributed by atoms with Crippen molar-refractivity contribution in [1.82, 2.24) is 15.1 Å². The highest BCUT2D eigenvalue weighted by Crippen LogP contribution is 2.19. The van der Waals surface area contributed by atoms with Crippen LogP contribution >= 0.6 is 22.9 Å². The van der Waals surface area contributed by atoms with Crippen molar-refractivity contribution in [3.05, 3.63) is 63.9 Å². The molecular formula is C16H14ClN3OS. The Balaban J connectivity index is 1.55. The lowest BCUT2D eigenvalue weighted by Gasteiger charge is -2.06. The van der Waals surface area contributed by atoms with Crippen LogP contribution in [0.3, 0.4) is 0 Å². The van der Waals surface area contributed by atoms with Crippen LogP contribution in [0.25, 0.3) is 11.3 Å². The zero-order chi connectivity index (χ0) is 15.4. The Hall–Kier alpha value is -2.11. The fourth-order valence-electron chi connectivity index (χ4n) is 2.07. The van der Waals surface area contributed by atoms with Crippen LogP contribution < -0.4 is 5.32 Å². The van der Waals surface area contributed by atoms with E-state index in [0.717, 1.165) is 11.3 Å². The molecule has 0 aliphatic carbocycles. The average Bonchev–Trinajstić information content (AvgIpc) is 3.18. The molecule has 4 nitrogen and oxygen atoms in total. The third-order valence-corrected chi connectivity index (χ3v) is 4.22. The van der Waals surface area contributed by atoms with E-state index < -0.39 is 0 Å². The molecule has 0 saturated heterocycles. The Morgan fingerprint density at radius 2 is 2.14 bits per heavy atom. The number of hydrogen-bond acceptors (Lipinski definition) is 3. The van der Waals surface area contributed by atoms with Crippen molar-refractivity contribution >= 4 is 28.8 Å². The predicted octanol–water partition coefficient (Wildman–Crippen LogP) is 3.70. The summed E-state index contributed by atoms with van der Waals surface area (Å²) in [6.07, 6.45) is 1.91. The summed E-state index contributed by atoms with van der Waals surface area (Å²) >= 11 is 7.64. The molecule has 0 radical (unpaired) electrons. The lowest BCUT2D eigenvalue weighted by atomic mass is 10.2. The van der Waals surface area contributed by atoms with E-state index in [-0.39, 0.29) is 5.91 Å². The fourth-order valence-corrected chi connectivity index (χ4v) is 2.95. The highest BCUT2D eigenvalue weighted by atomic mass is 35.5. The molecule has 0 bridgehead atoms. The summed E-state index contributed by atoms with van der Waals surface area (Å²) in [6.45, 7) is 1.11. The molecule has 0 atom stereocenters. The number of rotatable bonds is 5. The first-order valence-corrected chi connectivity index (χ1v) is 8.15. The van der Waals surface area contributed by atoms with Crippen LogP contribution in [0.2, 0.25) is 5.02 Å². The lowest BCUT2D eigenvalue weighted by molar-refractivity contribution is 0.0952. The number of carbonyl (C=O) groups excluding carboxylic acids is 1. The van der Waals surface area contributed by atoms with Crippen molar-refractivity contribution in [3.8, 4) is 11.3 Å². The standard InChI is InChI=1S/C16H14ClN3OS/c17-14-4-2-1-3-13(14)16(21)18-7-9-20-8-5-15(19-20)12-6-10-22-11-12/h1-6,8,10-11H,7,9H2,(H,18,21). The van der Waals surface area contributed by atoms with Gasteiger partial charge < -0.3 is 5.32 Å². The Labute approximate surface area is 137 Å². The van der Waals surface area contributed by atoms with Gasteiger partial charge in [-0.05, 0) is 29.6 Å². The normalized spacial score (nSPS) is 10.6. The average molecular weight is 332 g/mol. The Kier molecular flexibility index (Phi) is 4.56. The van der Waals surface area contributed by atoms with Gasteiger partial charge >= 0.3 is 0 Å². The van der Waals surface area contributed by atoms with E-state index >= 15 is 0 Å². The van der Waals surface area contributed by atoms with Crippen LogP contribution in [0.1, 0.15) is 10.4 Å². The summed E-state index contributed by atoms with van der Waals surface area (Å²) in [5.41, 5.74) is 2.55. The molecule has 0 fully saturated rings. The highest BCUT2D eigenvalue weighted by Gasteiger charge is 2.09. The van der Waals surface area contributed by atoms with Gasteiger partial charge in [-0.1, -0.05) is 23.7 Å². The second kappa shape index (κ2) is 6.77. The maximum Gasteiger partial charge on any atom is 0.252 e. The van der Waals surface area contributed by atoms with Crippen LogP contribution in [-0.2, 0) is 6.54 Å². The molecule has 0 unspecified atom stereocenters.